The van der Waals surface area contributed by atoms with Gasteiger partial charge in [-0.3, -0.25) is 4.79 Å². The van der Waals surface area contributed by atoms with Gasteiger partial charge in [-0.15, -0.1) is 0 Å². The van der Waals surface area contributed by atoms with Gasteiger partial charge in [0.1, 0.15) is 18.1 Å². The number of rotatable bonds is 6. The molecule has 17 heavy (non-hydrogen) atoms. The number of aromatic nitrogens is 2. The summed E-state index contributed by atoms with van der Waals surface area (Å²) in [5, 5.41) is 0. The standard InChI is InChI=1S/C13H20N2O2/c1-9-13(10(2)16)15(11(3)14-9)17-8-4-5-12-6-7-12/h12H,4-8H2,1-3H3. The van der Waals surface area contributed by atoms with Crippen LogP contribution in [0.25, 0.3) is 0 Å². The van der Waals surface area contributed by atoms with Crippen molar-refractivity contribution in [3.8, 4) is 0 Å². The lowest BCUT2D eigenvalue weighted by Crippen LogP contribution is -2.19. The van der Waals surface area contributed by atoms with E-state index in [1.807, 2.05) is 13.8 Å². The largest absolute Gasteiger partial charge is 0.412 e. The Kier molecular flexibility index (Phi) is 3.50. The molecular weight excluding hydrogens is 216 g/mol. The van der Waals surface area contributed by atoms with Crippen molar-refractivity contribution in [2.45, 2.75) is 46.5 Å². The molecule has 1 aliphatic carbocycles. The lowest BCUT2D eigenvalue weighted by Gasteiger charge is -2.10. The molecule has 0 atom stereocenters. The minimum absolute atomic E-state index is 0.00490. The normalized spacial score (nSPS) is 15.0. The summed E-state index contributed by atoms with van der Waals surface area (Å²) in [5.74, 6) is 1.68. The first-order valence-electron chi connectivity index (χ1n) is 6.29. The maximum Gasteiger partial charge on any atom is 0.181 e. The van der Waals surface area contributed by atoms with E-state index in [0.717, 1.165) is 23.9 Å². The third kappa shape index (κ3) is 2.87. The summed E-state index contributed by atoms with van der Waals surface area (Å²) in [6.45, 7) is 5.91. The van der Waals surface area contributed by atoms with E-state index in [4.69, 9.17) is 4.84 Å². The van der Waals surface area contributed by atoms with Crippen molar-refractivity contribution in [1.82, 2.24) is 9.71 Å². The zero-order valence-corrected chi connectivity index (χ0v) is 10.8. The van der Waals surface area contributed by atoms with Crippen LogP contribution < -0.4 is 4.84 Å². The highest BCUT2D eigenvalue weighted by atomic mass is 16.7. The Morgan fingerprint density at radius 2 is 2.18 bits per heavy atom. The van der Waals surface area contributed by atoms with Crippen LogP contribution in [-0.4, -0.2) is 22.1 Å². The summed E-state index contributed by atoms with van der Waals surface area (Å²) in [6.07, 6.45) is 5.05. The van der Waals surface area contributed by atoms with Crippen LogP contribution in [0.2, 0.25) is 0 Å². The number of aryl methyl sites for hydroxylation is 2. The first-order chi connectivity index (χ1) is 8.09. The average molecular weight is 236 g/mol. The van der Waals surface area contributed by atoms with Crippen molar-refractivity contribution in [3.63, 3.8) is 0 Å². The molecule has 0 spiro atoms. The highest BCUT2D eigenvalue weighted by Gasteiger charge is 2.21. The molecule has 1 aromatic rings. The minimum atomic E-state index is 0.00490. The SMILES string of the molecule is CC(=O)c1c(C)nc(C)n1OCCCC1CC1. The Morgan fingerprint density at radius 3 is 2.76 bits per heavy atom. The summed E-state index contributed by atoms with van der Waals surface area (Å²) >= 11 is 0. The molecule has 0 saturated heterocycles. The molecule has 0 bridgehead atoms. The van der Waals surface area contributed by atoms with E-state index in [2.05, 4.69) is 4.98 Å². The van der Waals surface area contributed by atoms with E-state index in [1.54, 1.807) is 11.7 Å². The highest BCUT2D eigenvalue weighted by molar-refractivity contribution is 5.93. The number of nitrogens with zero attached hydrogens (tertiary/aromatic N) is 2. The third-order valence-electron chi connectivity index (χ3n) is 3.18. The van der Waals surface area contributed by atoms with Crippen molar-refractivity contribution < 1.29 is 9.63 Å². The van der Waals surface area contributed by atoms with Crippen molar-refractivity contribution in [3.05, 3.63) is 17.2 Å². The molecule has 94 valence electrons. The summed E-state index contributed by atoms with van der Waals surface area (Å²) in [4.78, 5) is 21.4. The van der Waals surface area contributed by atoms with Crippen molar-refractivity contribution in [1.29, 1.82) is 0 Å². The molecule has 1 heterocycles. The van der Waals surface area contributed by atoms with Crippen LogP contribution in [0.4, 0.5) is 0 Å². The second-order valence-corrected chi connectivity index (χ2v) is 4.86. The number of carbonyl (C=O) groups excluding carboxylic acids is 1. The molecule has 1 aliphatic rings. The van der Waals surface area contributed by atoms with E-state index in [0.29, 0.717) is 12.3 Å². The Morgan fingerprint density at radius 1 is 1.47 bits per heavy atom. The van der Waals surface area contributed by atoms with E-state index in [9.17, 15) is 4.79 Å². The van der Waals surface area contributed by atoms with Crippen LogP contribution in [0.3, 0.4) is 0 Å². The van der Waals surface area contributed by atoms with Crippen LogP contribution in [-0.2, 0) is 0 Å². The fourth-order valence-electron chi connectivity index (χ4n) is 2.14. The number of hydrogen-bond acceptors (Lipinski definition) is 3. The fraction of sp³-hybridized carbons (Fsp3) is 0.692. The van der Waals surface area contributed by atoms with Gasteiger partial charge >= 0.3 is 0 Å². The number of ketones is 1. The molecular formula is C13H20N2O2. The number of Topliss-reactive ketones (excluding diaryl/α,β-unsaturated/α-hetero) is 1. The number of imidazole rings is 1. The van der Waals surface area contributed by atoms with Crippen molar-refractivity contribution >= 4 is 5.78 Å². The second-order valence-electron chi connectivity index (χ2n) is 4.86. The maximum absolute atomic E-state index is 11.5. The van der Waals surface area contributed by atoms with Gasteiger partial charge in [0.25, 0.3) is 0 Å². The predicted octanol–water partition coefficient (Wildman–Crippen LogP) is 2.32. The van der Waals surface area contributed by atoms with Crippen LogP contribution in [0.1, 0.15) is 54.6 Å². The van der Waals surface area contributed by atoms with Gasteiger partial charge in [0.15, 0.2) is 5.78 Å². The molecule has 0 N–H and O–H groups in total. The van der Waals surface area contributed by atoms with Gasteiger partial charge in [0, 0.05) is 6.92 Å². The van der Waals surface area contributed by atoms with Crippen LogP contribution in [0.15, 0.2) is 0 Å². The second kappa shape index (κ2) is 4.90. The highest BCUT2D eigenvalue weighted by Crippen LogP contribution is 2.33. The Balaban J connectivity index is 1.95. The quantitative estimate of drug-likeness (QED) is 0.562. The Labute approximate surface area is 102 Å². The number of carbonyl (C=O) groups is 1. The van der Waals surface area contributed by atoms with Gasteiger partial charge in [-0.25, -0.2) is 4.98 Å². The zero-order chi connectivity index (χ0) is 12.4. The topological polar surface area (TPSA) is 44.1 Å². The molecule has 4 heteroatoms. The Hall–Kier alpha value is -1.32. The van der Waals surface area contributed by atoms with E-state index >= 15 is 0 Å². The fourth-order valence-corrected chi connectivity index (χ4v) is 2.14. The third-order valence-corrected chi connectivity index (χ3v) is 3.18. The van der Waals surface area contributed by atoms with Crippen molar-refractivity contribution in [2.24, 2.45) is 5.92 Å². The smallest absolute Gasteiger partial charge is 0.181 e. The van der Waals surface area contributed by atoms with Gasteiger partial charge in [-0.05, 0) is 32.6 Å². The molecule has 1 fully saturated rings. The number of hydrogen-bond donors (Lipinski definition) is 0. The first-order valence-corrected chi connectivity index (χ1v) is 6.29. The first kappa shape index (κ1) is 12.1. The van der Waals surface area contributed by atoms with Crippen LogP contribution in [0, 0.1) is 19.8 Å². The van der Waals surface area contributed by atoms with Crippen LogP contribution in [0.5, 0.6) is 0 Å². The summed E-state index contributed by atoms with van der Waals surface area (Å²) in [6, 6.07) is 0. The van der Waals surface area contributed by atoms with E-state index in [-0.39, 0.29) is 5.78 Å². The monoisotopic (exact) mass is 236 g/mol. The van der Waals surface area contributed by atoms with Gasteiger partial charge in [-0.1, -0.05) is 12.8 Å². The lowest BCUT2D eigenvalue weighted by atomic mass is 10.2. The molecule has 1 saturated carbocycles. The van der Waals surface area contributed by atoms with E-state index < -0.39 is 0 Å². The summed E-state index contributed by atoms with van der Waals surface area (Å²) in [5.41, 5.74) is 1.33. The molecule has 0 radical (unpaired) electrons. The molecule has 0 unspecified atom stereocenters. The van der Waals surface area contributed by atoms with E-state index in [1.165, 1.54) is 19.3 Å². The maximum atomic E-state index is 11.5. The lowest BCUT2D eigenvalue weighted by molar-refractivity contribution is 0.0819. The average Bonchev–Trinajstić information content (AvgIpc) is 3.00. The van der Waals surface area contributed by atoms with Gasteiger partial charge < -0.3 is 4.84 Å². The van der Waals surface area contributed by atoms with Gasteiger partial charge in [-0.2, -0.15) is 4.73 Å². The predicted molar refractivity (Wildman–Crippen MR) is 65.1 cm³/mol. The summed E-state index contributed by atoms with van der Waals surface area (Å²) < 4.78 is 1.59. The molecule has 0 amide bonds. The van der Waals surface area contributed by atoms with Gasteiger partial charge in [0.05, 0.1) is 5.69 Å². The molecule has 0 aromatic carbocycles. The summed E-state index contributed by atoms with van der Waals surface area (Å²) in [7, 11) is 0. The molecule has 2 rings (SSSR count). The molecule has 4 nitrogen and oxygen atoms in total. The van der Waals surface area contributed by atoms with Crippen molar-refractivity contribution in [2.75, 3.05) is 6.61 Å². The van der Waals surface area contributed by atoms with Gasteiger partial charge in [0.2, 0.25) is 0 Å². The zero-order valence-electron chi connectivity index (χ0n) is 10.8. The molecule has 1 aromatic heterocycles. The Bertz CT molecular complexity index is 419. The minimum Gasteiger partial charge on any atom is -0.412 e. The van der Waals surface area contributed by atoms with Crippen LogP contribution >= 0.6 is 0 Å². The molecule has 0 aliphatic heterocycles.